The Labute approximate surface area is 155 Å². The number of aromatic nitrogens is 2. The molecule has 0 aliphatic carbocycles. The van der Waals surface area contributed by atoms with Crippen LogP contribution in [0.1, 0.15) is 23.6 Å². The summed E-state index contributed by atoms with van der Waals surface area (Å²) in [5.41, 5.74) is 2.50. The highest BCUT2D eigenvalue weighted by Crippen LogP contribution is 2.40. The number of hydrogen-bond donors (Lipinski definition) is 2. The molecule has 6 nitrogen and oxygen atoms in total. The molecule has 2 N–H and O–H groups in total. The third kappa shape index (κ3) is 2.78. The molecule has 0 saturated heterocycles. The van der Waals surface area contributed by atoms with E-state index >= 15 is 0 Å². The van der Waals surface area contributed by atoms with Gasteiger partial charge < -0.3 is 19.7 Å². The van der Waals surface area contributed by atoms with Crippen LogP contribution in [0, 0.1) is 0 Å². The molecular weight excluding hydrogens is 354 g/mol. The van der Waals surface area contributed by atoms with E-state index in [0.29, 0.717) is 16.6 Å². The van der Waals surface area contributed by atoms with Gasteiger partial charge in [0.15, 0.2) is 17.3 Å². The maximum Gasteiger partial charge on any atom is 0.226 e. The molecule has 2 aromatic carbocycles. The van der Waals surface area contributed by atoms with Crippen LogP contribution in [0.25, 0.3) is 5.69 Å². The van der Waals surface area contributed by atoms with Gasteiger partial charge in [0.25, 0.3) is 0 Å². The lowest BCUT2D eigenvalue weighted by Gasteiger charge is -2.25. The van der Waals surface area contributed by atoms with E-state index in [9.17, 15) is 9.90 Å². The van der Waals surface area contributed by atoms with Gasteiger partial charge in [0, 0.05) is 23.0 Å². The van der Waals surface area contributed by atoms with Crippen LogP contribution in [0.2, 0.25) is 5.02 Å². The normalized spacial score (nSPS) is 16.1. The fraction of sp³-hybridized carbons (Fsp3) is 0.158. The molecule has 1 aliphatic rings. The Hall–Kier alpha value is -2.99. The molecule has 26 heavy (non-hydrogen) atoms. The molecule has 0 saturated carbocycles. The maximum absolute atomic E-state index is 12.1. The highest BCUT2D eigenvalue weighted by Gasteiger charge is 2.31. The zero-order valence-corrected chi connectivity index (χ0v) is 14.7. The van der Waals surface area contributed by atoms with Gasteiger partial charge >= 0.3 is 0 Å². The molecule has 0 radical (unpaired) electrons. The Morgan fingerprint density at radius 1 is 1.31 bits per heavy atom. The highest BCUT2D eigenvalue weighted by molar-refractivity contribution is 6.30. The van der Waals surface area contributed by atoms with E-state index in [-0.39, 0.29) is 24.0 Å². The van der Waals surface area contributed by atoms with E-state index in [0.717, 1.165) is 16.9 Å². The number of methoxy groups -OCH3 is 1. The van der Waals surface area contributed by atoms with E-state index in [2.05, 4.69) is 10.3 Å². The predicted molar refractivity (Wildman–Crippen MR) is 98.3 cm³/mol. The van der Waals surface area contributed by atoms with Crippen LogP contribution in [0.4, 0.5) is 5.82 Å². The molecule has 1 atom stereocenters. The minimum atomic E-state index is -0.253. The van der Waals surface area contributed by atoms with Gasteiger partial charge in [0.05, 0.1) is 12.8 Å². The van der Waals surface area contributed by atoms with Gasteiger partial charge in [-0.05, 0) is 35.9 Å². The van der Waals surface area contributed by atoms with Gasteiger partial charge in [-0.15, -0.1) is 0 Å². The van der Waals surface area contributed by atoms with Crippen molar-refractivity contribution in [3.63, 3.8) is 0 Å². The van der Waals surface area contributed by atoms with Crippen molar-refractivity contribution in [1.29, 1.82) is 0 Å². The lowest BCUT2D eigenvalue weighted by Crippen LogP contribution is -2.25. The zero-order valence-electron chi connectivity index (χ0n) is 13.9. The van der Waals surface area contributed by atoms with E-state index in [1.165, 1.54) is 7.11 Å². The lowest BCUT2D eigenvalue weighted by atomic mass is 9.89. The zero-order chi connectivity index (χ0) is 18.3. The SMILES string of the molecule is COc1ccc(C2CC(=O)Nc3ncn(-c4cccc(Cl)c4)c32)cc1O. The van der Waals surface area contributed by atoms with Crippen molar-refractivity contribution in [2.45, 2.75) is 12.3 Å². The molecule has 132 valence electrons. The van der Waals surface area contributed by atoms with E-state index in [1.54, 1.807) is 24.5 Å². The number of aromatic hydroxyl groups is 1. The summed E-state index contributed by atoms with van der Waals surface area (Å²) in [4.78, 5) is 16.5. The van der Waals surface area contributed by atoms with Gasteiger partial charge in [0.1, 0.15) is 6.33 Å². The number of anilines is 1. The first kappa shape index (κ1) is 16.5. The molecule has 3 aromatic rings. The first-order chi connectivity index (χ1) is 12.6. The van der Waals surface area contributed by atoms with Gasteiger partial charge in [-0.3, -0.25) is 4.79 Å². The number of nitrogens with zero attached hydrogens (tertiary/aromatic N) is 2. The second kappa shape index (κ2) is 6.38. The first-order valence-corrected chi connectivity index (χ1v) is 8.44. The third-order valence-corrected chi connectivity index (χ3v) is 4.71. The van der Waals surface area contributed by atoms with Gasteiger partial charge in [-0.2, -0.15) is 0 Å². The number of imidazole rings is 1. The summed E-state index contributed by atoms with van der Waals surface area (Å²) in [6.45, 7) is 0. The Morgan fingerprint density at radius 3 is 2.88 bits per heavy atom. The highest BCUT2D eigenvalue weighted by atomic mass is 35.5. The number of benzene rings is 2. The Bertz CT molecular complexity index is 999. The minimum Gasteiger partial charge on any atom is -0.504 e. The number of halogens is 1. The van der Waals surface area contributed by atoms with Gasteiger partial charge in [-0.25, -0.2) is 4.98 Å². The summed E-state index contributed by atoms with van der Waals surface area (Å²) < 4.78 is 7.02. The summed E-state index contributed by atoms with van der Waals surface area (Å²) in [7, 11) is 1.50. The molecule has 1 aromatic heterocycles. The van der Waals surface area contributed by atoms with E-state index in [1.807, 2.05) is 28.8 Å². The summed E-state index contributed by atoms with van der Waals surface area (Å²) >= 11 is 6.13. The number of hydrogen-bond acceptors (Lipinski definition) is 4. The molecule has 4 rings (SSSR count). The fourth-order valence-corrected chi connectivity index (χ4v) is 3.47. The minimum absolute atomic E-state index is 0.0337. The van der Waals surface area contributed by atoms with E-state index in [4.69, 9.17) is 16.3 Å². The van der Waals surface area contributed by atoms with Crippen LogP contribution in [0.5, 0.6) is 11.5 Å². The van der Waals surface area contributed by atoms with Crippen LogP contribution in [0.3, 0.4) is 0 Å². The van der Waals surface area contributed by atoms with Gasteiger partial charge in [0.2, 0.25) is 5.91 Å². The lowest BCUT2D eigenvalue weighted by molar-refractivity contribution is -0.116. The number of amides is 1. The average molecular weight is 370 g/mol. The molecule has 0 bridgehead atoms. The predicted octanol–water partition coefficient (Wildman–Crippen LogP) is 3.71. The molecule has 1 aliphatic heterocycles. The molecule has 0 fully saturated rings. The van der Waals surface area contributed by atoms with Crippen LogP contribution < -0.4 is 10.1 Å². The topological polar surface area (TPSA) is 76.4 Å². The molecule has 1 amide bonds. The number of carbonyl (C=O) groups excluding carboxylic acids is 1. The smallest absolute Gasteiger partial charge is 0.226 e. The van der Waals surface area contributed by atoms with Crippen molar-refractivity contribution in [3.8, 4) is 17.2 Å². The monoisotopic (exact) mass is 369 g/mol. The van der Waals surface area contributed by atoms with Crippen molar-refractivity contribution >= 4 is 23.3 Å². The van der Waals surface area contributed by atoms with Crippen molar-refractivity contribution in [2.75, 3.05) is 12.4 Å². The number of rotatable bonds is 3. The van der Waals surface area contributed by atoms with Crippen molar-refractivity contribution in [1.82, 2.24) is 9.55 Å². The summed E-state index contributed by atoms with van der Waals surface area (Å²) in [5.74, 6) is 0.566. The number of nitrogens with one attached hydrogen (secondary N) is 1. The fourth-order valence-electron chi connectivity index (χ4n) is 3.28. The second-order valence-electron chi connectivity index (χ2n) is 6.06. The Morgan fingerprint density at radius 2 is 2.15 bits per heavy atom. The number of phenols is 1. The van der Waals surface area contributed by atoms with Crippen LogP contribution in [0.15, 0.2) is 48.8 Å². The second-order valence-corrected chi connectivity index (χ2v) is 6.50. The number of fused-ring (bicyclic) bond motifs is 1. The molecule has 2 heterocycles. The maximum atomic E-state index is 12.1. The largest absolute Gasteiger partial charge is 0.504 e. The molecule has 1 unspecified atom stereocenters. The van der Waals surface area contributed by atoms with Crippen molar-refractivity contribution in [3.05, 3.63) is 65.1 Å². The number of carbonyl (C=O) groups is 1. The summed E-state index contributed by atoms with van der Waals surface area (Å²) in [6.07, 6.45) is 1.92. The van der Waals surface area contributed by atoms with Crippen LogP contribution >= 0.6 is 11.6 Å². The van der Waals surface area contributed by atoms with Crippen LogP contribution in [-0.2, 0) is 4.79 Å². The summed E-state index contributed by atoms with van der Waals surface area (Å²) in [5, 5.41) is 13.6. The Balaban J connectivity index is 1.85. The molecule has 0 spiro atoms. The molecular formula is C19H16ClN3O3. The Kier molecular flexibility index (Phi) is 4.05. The standard InChI is InChI=1S/C19H16ClN3O3/c1-26-16-6-5-11(7-15(16)24)14-9-17(25)22-19-18(14)23(10-21-19)13-4-2-3-12(20)8-13/h2-8,10,14,24H,9H2,1H3,(H,22,25). The van der Waals surface area contributed by atoms with E-state index < -0.39 is 0 Å². The van der Waals surface area contributed by atoms with Crippen molar-refractivity contribution < 1.29 is 14.6 Å². The van der Waals surface area contributed by atoms with Crippen LogP contribution in [-0.4, -0.2) is 27.7 Å². The van der Waals surface area contributed by atoms with Crippen molar-refractivity contribution in [2.24, 2.45) is 0 Å². The van der Waals surface area contributed by atoms with Gasteiger partial charge in [-0.1, -0.05) is 23.7 Å². The number of phenolic OH excluding ortho intramolecular Hbond substituents is 1. The number of ether oxygens (including phenoxy) is 1. The summed E-state index contributed by atoms with van der Waals surface area (Å²) in [6, 6.07) is 12.6. The average Bonchev–Trinajstić information content (AvgIpc) is 3.04. The first-order valence-electron chi connectivity index (χ1n) is 8.06. The quantitative estimate of drug-likeness (QED) is 0.737. The molecule has 7 heteroatoms. The third-order valence-electron chi connectivity index (χ3n) is 4.47.